The summed E-state index contributed by atoms with van der Waals surface area (Å²) in [5.41, 5.74) is 0. The van der Waals surface area contributed by atoms with Crippen LogP contribution in [0.25, 0.3) is 0 Å². The van der Waals surface area contributed by atoms with Gasteiger partial charge >= 0.3 is 17.7 Å². The second-order valence-electron chi connectivity index (χ2n) is 2.87. The van der Waals surface area contributed by atoms with E-state index in [9.17, 15) is 9.59 Å². The van der Waals surface area contributed by atoms with Crippen molar-refractivity contribution >= 4 is 11.9 Å². The summed E-state index contributed by atoms with van der Waals surface area (Å²) < 4.78 is 0. The molecule has 0 radical (unpaired) electrons. The van der Waals surface area contributed by atoms with E-state index in [0.717, 1.165) is 0 Å². The molecule has 0 aromatic rings. The van der Waals surface area contributed by atoms with Gasteiger partial charge in [0, 0.05) is 28.0 Å². The Morgan fingerprint density at radius 2 is 1.69 bits per heavy atom. The van der Waals surface area contributed by atoms with E-state index in [-0.39, 0.29) is 19.3 Å². The number of hydrogen-bond donors (Lipinski definition) is 0. The van der Waals surface area contributed by atoms with Crippen molar-refractivity contribution in [3.8, 4) is 0 Å². The van der Waals surface area contributed by atoms with Crippen molar-refractivity contribution in [2.45, 2.75) is 25.0 Å². The molecule has 10 nitrogen and oxygen atoms in total. The molecule has 2 heterocycles. The molecule has 2 aliphatic heterocycles. The van der Waals surface area contributed by atoms with Crippen molar-refractivity contribution < 1.29 is 49.3 Å². The Bertz CT molecular complexity index is 283. The lowest BCUT2D eigenvalue weighted by molar-refractivity contribution is -0.728. The molecule has 0 aliphatic carbocycles. The maximum atomic E-state index is 11.3. The van der Waals surface area contributed by atoms with E-state index in [0.29, 0.717) is 0 Å². The van der Waals surface area contributed by atoms with E-state index in [1.165, 1.54) is 0 Å². The van der Waals surface area contributed by atoms with E-state index in [4.69, 9.17) is 0 Å². The largest absolute Gasteiger partial charge is 0.410 e. The molecule has 2 aliphatic rings. The summed E-state index contributed by atoms with van der Waals surface area (Å²) in [7, 11) is 0. The van der Waals surface area contributed by atoms with Gasteiger partial charge in [-0.25, -0.2) is 9.59 Å². The van der Waals surface area contributed by atoms with Crippen LogP contribution < -0.4 is 0 Å². The summed E-state index contributed by atoms with van der Waals surface area (Å²) in [5, 5.41) is 15.3. The second kappa shape index (κ2) is 4.69. The molecule has 0 aromatic heterocycles. The summed E-state index contributed by atoms with van der Waals surface area (Å²) in [6, 6.07) is 0. The topological polar surface area (TPSA) is 108 Å². The van der Waals surface area contributed by atoms with Gasteiger partial charge in [-0.3, -0.25) is 9.78 Å². The number of carbonyl (C=O) groups excluding carboxylic acids is 2. The van der Waals surface area contributed by atoms with Crippen molar-refractivity contribution in [2.24, 2.45) is 0 Å². The molecule has 10 heteroatoms. The van der Waals surface area contributed by atoms with Crippen LogP contribution in [0.5, 0.6) is 0 Å². The molecular weight excluding hydrogens is 232 g/mol. The van der Waals surface area contributed by atoms with E-state index < -0.39 is 17.7 Å². The van der Waals surface area contributed by atoms with Crippen molar-refractivity contribution in [3.63, 3.8) is 0 Å². The van der Waals surface area contributed by atoms with Crippen molar-refractivity contribution in [1.82, 2.24) is 0 Å². The Hall–Kier alpha value is -1.30. The smallest absolute Gasteiger partial charge is 0.267 e. The van der Waals surface area contributed by atoms with Gasteiger partial charge in [0.15, 0.2) is 0 Å². The fourth-order valence-corrected chi connectivity index (χ4v) is 1.05. The quantitative estimate of drug-likeness (QED) is 0.515. The zero-order chi connectivity index (χ0) is 11.4. The van der Waals surface area contributed by atoms with Crippen LogP contribution in [0.1, 0.15) is 19.3 Å². The van der Waals surface area contributed by atoms with Gasteiger partial charge in [0.05, 0.1) is 0 Å². The molecule has 2 fully saturated rings. The van der Waals surface area contributed by atoms with E-state index in [1.807, 2.05) is 0 Å². The van der Waals surface area contributed by atoms with Crippen LogP contribution in [-0.4, -0.2) is 17.7 Å². The molecule has 90 valence electrons. The average Bonchev–Trinajstić information content (AvgIpc) is 2.23. The Kier molecular flexibility index (Phi) is 3.28. The van der Waals surface area contributed by atoms with Crippen molar-refractivity contribution in [1.29, 1.82) is 0 Å². The third kappa shape index (κ3) is 2.27. The fraction of sp³-hybridized carbons (Fsp3) is 0.667. The summed E-state index contributed by atoms with van der Waals surface area (Å²) >= 11 is 0. The summed E-state index contributed by atoms with van der Waals surface area (Å²) in [4.78, 5) is 39.2. The third-order valence-electron chi connectivity index (χ3n) is 1.83. The molecule has 16 heavy (non-hydrogen) atoms. The highest BCUT2D eigenvalue weighted by Crippen LogP contribution is 2.31. The minimum Gasteiger partial charge on any atom is -0.267 e. The van der Waals surface area contributed by atoms with Crippen LogP contribution >= 0.6 is 0 Å². The Morgan fingerprint density at radius 1 is 0.938 bits per heavy atom. The maximum Gasteiger partial charge on any atom is 0.410 e. The zero-order valence-electron chi connectivity index (χ0n) is 7.70. The first-order valence-corrected chi connectivity index (χ1v) is 4.18. The van der Waals surface area contributed by atoms with Gasteiger partial charge in [0.25, 0.3) is 0 Å². The summed E-state index contributed by atoms with van der Waals surface area (Å²) in [6.07, 6.45) is 0.163. The maximum absolute atomic E-state index is 11.3. The monoisotopic (exact) mass is 238 g/mol. The molecule has 0 bridgehead atoms. The molecule has 1 spiro atoms. The molecule has 0 aromatic carbocycles. The molecule has 0 amide bonds. The highest BCUT2D eigenvalue weighted by molar-refractivity contribution is 5.77. The average molecular weight is 238 g/mol. The van der Waals surface area contributed by atoms with E-state index in [1.54, 1.807) is 0 Å². The SMILES string of the molecule is O=C1CCCC2(OOO2)C(=O)OOOOO1. The first-order chi connectivity index (χ1) is 7.73. The second-order valence-corrected chi connectivity index (χ2v) is 2.87. The first kappa shape index (κ1) is 11.2. The summed E-state index contributed by atoms with van der Waals surface area (Å²) in [5.74, 6) is -3.54. The van der Waals surface area contributed by atoms with Crippen LogP contribution in [0.4, 0.5) is 0 Å². The number of carbonyl (C=O) groups is 2. The molecule has 0 atom stereocenters. The number of hydrogen-bond acceptors (Lipinski definition) is 10. The minimum atomic E-state index is -1.76. The third-order valence-corrected chi connectivity index (χ3v) is 1.83. The van der Waals surface area contributed by atoms with Gasteiger partial charge in [-0.15, -0.1) is 0 Å². The molecule has 2 saturated heterocycles. The molecule has 0 N–H and O–H groups in total. The molecule has 2 rings (SSSR count). The normalized spacial score (nSPS) is 26.2. The highest BCUT2D eigenvalue weighted by atomic mass is 17.8. The predicted molar refractivity (Wildman–Crippen MR) is 35.3 cm³/mol. The van der Waals surface area contributed by atoms with Crippen LogP contribution in [0.2, 0.25) is 0 Å². The lowest BCUT2D eigenvalue weighted by Gasteiger charge is -2.32. The Balaban J connectivity index is 1.97. The number of rotatable bonds is 0. The van der Waals surface area contributed by atoms with E-state index >= 15 is 0 Å². The zero-order valence-corrected chi connectivity index (χ0v) is 7.70. The fourth-order valence-electron chi connectivity index (χ4n) is 1.05. The molecule has 0 saturated carbocycles. The van der Waals surface area contributed by atoms with Crippen molar-refractivity contribution in [2.75, 3.05) is 0 Å². The van der Waals surface area contributed by atoms with Gasteiger partial charge in [-0.05, 0) is 6.42 Å². The van der Waals surface area contributed by atoms with Gasteiger partial charge in [-0.2, -0.15) is 9.78 Å². The van der Waals surface area contributed by atoms with Crippen LogP contribution in [0.15, 0.2) is 0 Å². The summed E-state index contributed by atoms with van der Waals surface area (Å²) in [6.45, 7) is 0. The highest BCUT2D eigenvalue weighted by Gasteiger charge is 2.54. The van der Waals surface area contributed by atoms with Gasteiger partial charge in [0.1, 0.15) is 0 Å². The first-order valence-electron chi connectivity index (χ1n) is 4.18. The van der Waals surface area contributed by atoms with Crippen LogP contribution in [-0.2, 0) is 49.3 Å². The van der Waals surface area contributed by atoms with Gasteiger partial charge in [-0.1, -0.05) is 5.04 Å². The lowest BCUT2D eigenvalue weighted by atomic mass is 10.1. The van der Waals surface area contributed by atoms with Crippen LogP contribution in [0.3, 0.4) is 0 Å². The minimum absolute atomic E-state index is 0.00426. The molecular formula is C6H6O10. The van der Waals surface area contributed by atoms with E-state index in [2.05, 4.69) is 39.7 Å². The van der Waals surface area contributed by atoms with Gasteiger partial charge in [0.2, 0.25) is 0 Å². The lowest BCUT2D eigenvalue weighted by Crippen LogP contribution is -2.53. The standard InChI is InChI=1S/C6H6O10/c7-4-2-1-3-6(11-15-12-6)5(8)10-14-16-13-9-4/h1-3H2. The Labute approximate surface area is 87.4 Å². The van der Waals surface area contributed by atoms with Crippen molar-refractivity contribution in [3.05, 3.63) is 0 Å². The Morgan fingerprint density at radius 3 is 2.38 bits per heavy atom. The van der Waals surface area contributed by atoms with Gasteiger partial charge < -0.3 is 0 Å². The molecule has 0 unspecified atom stereocenters. The van der Waals surface area contributed by atoms with Crippen LogP contribution in [0, 0.1) is 0 Å². The predicted octanol–water partition coefficient (Wildman–Crippen LogP) is -0.444.